The third-order valence-corrected chi connectivity index (χ3v) is 2.99. The van der Waals surface area contributed by atoms with E-state index in [4.69, 9.17) is 15.6 Å². The molecule has 1 fully saturated rings. The zero-order chi connectivity index (χ0) is 12.1. The SMILES string of the molecule is CC(CC(=O)OC1CCCC1)[C@H](N)C(=O)O. The number of hydrogen-bond donors (Lipinski definition) is 2. The first-order chi connectivity index (χ1) is 7.50. The van der Waals surface area contributed by atoms with Crippen LogP contribution in [0.15, 0.2) is 0 Å². The Labute approximate surface area is 95.0 Å². The molecule has 0 radical (unpaired) electrons. The Kier molecular flexibility index (Phi) is 4.73. The lowest BCUT2D eigenvalue weighted by Gasteiger charge is -2.17. The van der Waals surface area contributed by atoms with Gasteiger partial charge in [0, 0.05) is 0 Å². The maximum absolute atomic E-state index is 11.5. The molecule has 1 aliphatic carbocycles. The monoisotopic (exact) mass is 229 g/mol. The van der Waals surface area contributed by atoms with Crippen molar-refractivity contribution < 1.29 is 19.4 Å². The summed E-state index contributed by atoms with van der Waals surface area (Å²) in [5.74, 6) is -1.82. The summed E-state index contributed by atoms with van der Waals surface area (Å²) < 4.78 is 5.22. The molecule has 0 amide bonds. The third kappa shape index (κ3) is 3.81. The van der Waals surface area contributed by atoms with E-state index in [9.17, 15) is 9.59 Å². The van der Waals surface area contributed by atoms with Crippen molar-refractivity contribution in [1.82, 2.24) is 0 Å². The van der Waals surface area contributed by atoms with E-state index in [1.807, 2.05) is 0 Å². The summed E-state index contributed by atoms with van der Waals surface area (Å²) in [4.78, 5) is 22.1. The number of carboxylic acid groups (broad SMARTS) is 1. The topological polar surface area (TPSA) is 89.6 Å². The molecule has 1 unspecified atom stereocenters. The van der Waals surface area contributed by atoms with Crippen molar-refractivity contribution in [2.24, 2.45) is 11.7 Å². The van der Waals surface area contributed by atoms with Gasteiger partial charge in [-0.25, -0.2) is 0 Å². The number of nitrogens with two attached hydrogens (primary N) is 1. The second-order valence-electron chi connectivity index (χ2n) is 4.44. The van der Waals surface area contributed by atoms with Gasteiger partial charge in [-0.05, 0) is 31.6 Å². The fourth-order valence-electron chi connectivity index (χ4n) is 1.87. The molecule has 0 bridgehead atoms. The van der Waals surface area contributed by atoms with Crippen molar-refractivity contribution >= 4 is 11.9 Å². The molecule has 5 nitrogen and oxygen atoms in total. The number of hydrogen-bond acceptors (Lipinski definition) is 4. The largest absolute Gasteiger partial charge is 0.480 e. The third-order valence-electron chi connectivity index (χ3n) is 2.99. The van der Waals surface area contributed by atoms with E-state index in [0.717, 1.165) is 25.7 Å². The molecule has 1 saturated carbocycles. The first kappa shape index (κ1) is 13.0. The van der Waals surface area contributed by atoms with Crippen LogP contribution in [0, 0.1) is 5.92 Å². The summed E-state index contributed by atoms with van der Waals surface area (Å²) in [5.41, 5.74) is 5.41. The number of rotatable bonds is 5. The van der Waals surface area contributed by atoms with E-state index in [1.54, 1.807) is 6.92 Å². The fraction of sp³-hybridized carbons (Fsp3) is 0.818. The predicted octanol–water partition coefficient (Wildman–Crippen LogP) is 0.910. The summed E-state index contributed by atoms with van der Waals surface area (Å²) >= 11 is 0. The second kappa shape index (κ2) is 5.84. The molecule has 16 heavy (non-hydrogen) atoms. The van der Waals surface area contributed by atoms with Gasteiger partial charge in [0.1, 0.15) is 12.1 Å². The minimum atomic E-state index is -1.08. The van der Waals surface area contributed by atoms with Crippen LogP contribution in [0.3, 0.4) is 0 Å². The molecule has 5 heteroatoms. The summed E-state index contributed by atoms with van der Waals surface area (Å²) in [6, 6.07) is -1.00. The van der Waals surface area contributed by atoms with Gasteiger partial charge in [0.15, 0.2) is 0 Å². The van der Waals surface area contributed by atoms with Crippen molar-refractivity contribution in [3.05, 3.63) is 0 Å². The molecule has 0 saturated heterocycles. The molecule has 0 aliphatic heterocycles. The molecule has 0 aromatic rings. The summed E-state index contributed by atoms with van der Waals surface area (Å²) in [6.07, 6.45) is 4.14. The van der Waals surface area contributed by atoms with Crippen molar-refractivity contribution in [2.45, 2.75) is 51.2 Å². The van der Waals surface area contributed by atoms with Crippen LogP contribution >= 0.6 is 0 Å². The quantitative estimate of drug-likeness (QED) is 0.684. The van der Waals surface area contributed by atoms with Crippen molar-refractivity contribution in [2.75, 3.05) is 0 Å². The highest BCUT2D eigenvalue weighted by molar-refractivity contribution is 5.76. The molecule has 92 valence electrons. The van der Waals surface area contributed by atoms with E-state index in [0.29, 0.717) is 0 Å². The minimum absolute atomic E-state index is 0.0285. The highest BCUT2D eigenvalue weighted by atomic mass is 16.5. The lowest BCUT2D eigenvalue weighted by atomic mass is 9.99. The number of carbonyl (C=O) groups is 2. The van der Waals surface area contributed by atoms with Gasteiger partial charge >= 0.3 is 11.9 Å². The van der Waals surface area contributed by atoms with Crippen LogP contribution in [0.1, 0.15) is 39.0 Å². The number of esters is 1. The van der Waals surface area contributed by atoms with Crippen LogP contribution in [0.25, 0.3) is 0 Å². The van der Waals surface area contributed by atoms with E-state index in [1.165, 1.54) is 0 Å². The zero-order valence-corrected chi connectivity index (χ0v) is 9.52. The van der Waals surface area contributed by atoms with Gasteiger partial charge in [-0.1, -0.05) is 6.92 Å². The molecule has 1 rings (SSSR count). The van der Waals surface area contributed by atoms with Gasteiger partial charge in [-0.15, -0.1) is 0 Å². The number of aliphatic carboxylic acids is 1. The number of carboxylic acids is 1. The Bertz CT molecular complexity index is 261. The highest BCUT2D eigenvalue weighted by Crippen LogP contribution is 2.22. The van der Waals surface area contributed by atoms with Crippen LogP contribution in [0.4, 0.5) is 0 Å². The standard InChI is InChI=1S/C11H19NO4/c1-7(10(12)11(14)15)6-9(13)16-8-4-2-3-5-8/h7-8,10H,2-6,12H2,1H3,(H,14,15)/t7?,10-/m0/s1. The fourth-order valence-corrected chi connectivity index (χ4v) is 1.87. The van der Waals surface area contributed by atoms with E-state index in [2.05, 4.69) is 0 Å². The molecule has 0 aromatic heterocycles. The maximum Gasteiger partial charge on any atom is 0.320 e. The highest BCUT2D eigenvalue weighted by Gasteiger charge is 2.25. The first-order valence-corrected chi connectivity index (χ1v) is 5.68. The van der Waals surface area contributed by atoms with Gasteiger partial charge in [0.2, 0.25) is 0 Å². The lowest BCUT2D eigenvalue weighted by molar-refractivity contribution is -0.150. The van der Waals surface area contributed by atoms with Crippen LogP contribution in [0.5, 0.6) is 0 Å². The first-order valence-electron chi connectivity index (χ1n) is 5.68. The molecule has 0 heterocycles. The smallest absolute Gasteiger partial charge is 0.320 e. The lowest BCUT2D eigenvalue weighted by Crippen LogP contribution is -2.38. The van der Waals surface area contributed by atoms with Crippen molar-refractivity contribution in [3.63, 3.8) is 0 Å². The molecule has 0 spiro atoms. The summed E-state index contributed by atoms with van der Waals surface area (Å²) in [6.45, 7) is 1.65. The van der Waals surface area contributed by atoms with Crippen LogP contribution in [-0.2, 0) is 14.3 Å². The van der Waals surface area contributed by atoms with Crippen molar-refractivity contribution in [1.29, 1.82) is 0 Å². The zero-order valence-electron chi connectivity index (χ0n) is 9.52. The van der Waals surface area contributed by atoms with Crippen LogP contribution < -0.4 is 5.73 Å². The van der Waals surface area contributed by atoms with Gasteiger partial charge in [0.25, 0.3) is 0 Å². The van der Waals surface area contributed by atoms with E-state index < -0.39 is 17.9 Å². The Morgan fingerprint density at radius 1 is 1.44 bits per heavy atom. The van der Waals surface area contributed by atoms with E-state index >= 15 is 0 Å². The molecule has 1 aliphatic rings. The maximum atomic E-state index is 11.5. The summed E-state index contributed by atoms with van der Waals surface area (Å²) in [7, 11) is 0. The second-order valence-corrected chi connectivity index (χ2v) is 4.44. The van der Waals surface area contributed by atoms with Crippen LogP contribution in [-0.4, -0.2) is 29.2 Å². The van der Waals surface area contributed by atoms with Crippen molar-refractivity contribution in [3.8, 4) is 0 Å². The van der Waals surface area contributed by atoms with Gasteiger partial charge in [0.05, 0.1) is 6.42 Å². The molecule has 2 atom stereocenters. The molecule has 0 aromatic carbocycles. The Balaban J connectivity index is 2.29. The predicted molar refractivity (Wildman–Crippen MR) is 57.7 cm³/mol. The molecular formula is C11H19NO4. The average Bonchev–Trinajstić information content (AvgIpc) is 2.68. The number of ether oxygens (including phenoxy) is 1. The molecular weight excluding hydrogens is 210 g/mol. The Morgan fingerprint density at radius 3 is 2.50 bits per heavy atom. The summed E-state index contributed by atoms with van der Waals surface area (Å²) in [5, 5.41) is 8.67. The van der Waals surface area contributed by atoms with Crippen LogP contribution in [0.2, 0.25) is 0 Å². The van der Waals surface area contributed by atoms with E-state index in [-0.39, 0.29) is 18.5 Å². The van der Waals surface area contributed by atoms with Gasteiger partial charge in [-0.3, -0.25) is 9.59 Å². The van der Waals surface area contributed by atoms with Gasteiger partial charge < -0.3 is 15.6 Å². The Morgan fingerprint density at radius 2 is 2.00 bits per heavy atom. The normalized spacial score (nSPS) is 20.4. The average molecular weight is 229 g/mol. The molecule has 3 N–H and O–H groups in total. The van der Waals surface area contributed by atoms with Gasteiger partial charge in [-0.2, -0.15) is 0 Å². The number of carbonyl (C=O) groups excluding carboxylic acids is 1. The minimum Gasteiger partial charge on any atom is -0.480 e. The Hall–Kier alpha value is -1.10.